The molecule has 0 aliphatic carbocycles. The number of ether oxygens (including phenoxy) is 2. The topological polar surface area (TPSA) is 64.6 Å². The normalized spacial score (nSPS) is 9.72. The molecule has 0 saturated carbocycles. The predicted octanol–water partition coefficient (Wildman–Crippen LogP) is 2.22. The van der Waals surface area contributed by atoms with Gasteiger partial charge in [-0.05, 0) is 32.0 Å². The van der Waals surface area contributed by atoms with Crippen molar-refractivity contribution < 1.29 is 19.1 Å². The molecule has 1 rings (SSSR count). The standard InChI is InChI=1S/C13H17NO4/c1-4-17-12-7-6-10(13(16)18-5-2)8-11(12)14-9(3)15/h6-8H,4-5H2,1-3H3,(H,14,15). The summed E-state index contributed by atoms with van der Waals surface area (Å²) in [6.45, 7) is 5.76. The minimum atomic E-state index is -0.424. The minimum absolute atomic E-state index is 0.225. The second-order valence-electron chi connectivity index (χ2n) is 3.55. The molecule has 0 aliphatic heterocycles. The van der Waals surface area contributed by atoms with Crippen LogP contribution in [0, 0.1) is 0 Å². The van der Waals surface area contributed by atoms with Gasteiger partial charge in [-0.15, -0.1) is 0 Å². The van der Waals surface area contributed by atoms with Crippen LogP contribution in [-0.4, -0.2) is 25.1 Å². The Hall–Kier alpha value is -2.04. The number of carbonyl (C=O) groups excluding carboxylic acids is 2. The third-order valence-corrected chi connectivity index (χ3v) is 2.10. The van der Waals surface area contributed by atoms with Crippen LogP contribution < -0.4 is 10.1 Å². The highest BCUT2D eigenvalue weighted by molar-refractivity contribution is 5.95. The fraction of sp³-hybridized carbons (Fsp3) is 0.385. The molecular formula is C13H17NO4. The summed E-state index contributed by atoms with van der Waals surface area (Å²) >= 11 is 0. The average molecular weight is 251 g/mol. The summed E-state index contributed by atoms with van der Waals surface area (Å²) in [5.41, 5.74) is 0.846. The molecule has 18 heavy (non-hydrogen) atoms. The first-order chi connectivity index (χ1) is 8.58. The molecule has 0 aromatic heterocycles. The van der Waals surface area contributed by atoms with E-state index in [1.54, 1.807) is 25.1 Å². The molecule has 5 heteroatoms. The highest BCUT2D eigenvalue weighted by Gasteiger charge is 2.12. The van der Waals surface area contributed by atoms with E-state index in [2.05, 4.69) is 5.32 Å². The highest BCUT2D eigenvalue weighted by atomic mass is 16.5. The maximum Gasteiger partial charge on any atom is 0.338 e. The van der Waals surface area contributed by atoms with Crippen LogP contribution in [0.5, 0.6) is 5.75 Å². The van der Waals surface area contributed by atoms with Gasteiger partial charge >= 0.3 is 5.97 Å². The zero-order chi connectivity index (χ0) is 13.5. The van der Waals surface area contributed by atoms with Gasteiger partial charge in [0.25, 0.3) is 0 Å². The molecule has 0 fully saturated rings. The van der Waals surface area contributed by atoms with Crippen LogP contribution in [0.2, 0.25) is 0 Å². The lowest BCUT2D eigenvalue weighted by Crippen LogP contribution is -2.10. The smallest absolute Gasteiger partial charge is 0.338 e. The molecule has 1 aromatic carbocycles. The van der Waals surface area contributed by atoms with Crippen molar-refractivity contribution in [2.24, 2.45) is 0 Å². The van der Waals surface area contributed by atoms with E-state index in [4.69, 9.17) is 9.47 Å². The summed E-state index contributed by atoms with van der Waals surface area (Å²) in [7, 11) is 0. The van der Waals surface area contributed by atoms with E-state index < -0.39 is 5.97 Å². The van der Waals surface area contributed by atoms with Gasteiger partial charge in [0.15, 0.2) is 0 Å². The number of benzene rings is 1. The number of amides is 1. The van der Waals surface area contributed by atoms with Gasteiger partial charge in [0, 0.05) is 6.92 Å². The van der Waals surface area contributed by atoms with Crippen molar-refractivity contribution in [3.05, 3.63) is 23.8 Å². The minimum Gasteiger partial charge on any atom is -0.492 e. The summed E-state index contributed by atoms with van der Waals surface area (Å²) in [5, 5.41) is 2.62. The van der Waals surface area contributed by atoms with E-state index in [1.807, 2.05) is 6.92 Å². The Labute approximate surface area is 106 Å². The fourth-order valence-corrected chi connectivity index (χ4v) is 1.44. The Morgan fingerprint density at radius 2 is 1.94 bits per heavy atom. The van der Waals surface area contributed by atoms with Gasteiger partial charge in [0.1, 0.15) is 5.75 Å². The number of hydrogen-bond donors (Lipinski definition) is 1. The van der Waals surface area contributed by atoms with Gasteiger partial charge in [0.05, 0.1) is 24.5 Å². The Balaban J connectivity index is 3.03. The van der Waals surface area contributed by atoms with E-state index in [-0.39, 0.29) is 5.91 Å². The monoisotopic (exact) mass is 251 g/mol. The Bertz CT molecular complexity index is 443. The van der Waals surface area contributed by atoms with Crippen LogP contribution in [-0.2, 0) is 9.53 Å². The third kappa shape index (κ3) is 3.76. The van der Waals surface area contributed by atoms with Crippen LogP contribution in [0.15, 0.2) is 18.2 Å². The van der Waals surface area contributed by atoms with Gasteiger partial charge < -0.3 is 14.8 Å². The first kappa shape index (κ1) is 14.0. The molecular weight excluding hydrogens is 234 g/mol. The zero-order valence-corrected chi connectivity index (χ0v) is 10.8. The molecule has 98 valence electrons. The largest absolute Gasteiger partial charge is 0.492 e. The van der Waals surface area contributed by atoms with Crippen LogP contribution in [0.1, 0.15) is 31.1 Å². The number of esters is 1. The van der Waals surface area contributed by atoms with E-state index in [0.29, 0.717) is 30.2 Å². The number of carbonyl (C=O) groups is 2. The Kier molecular flexibility index (Phi) is 5.17. The van der Waals surface area contributed by atoms with Gasteiger partial charge in [0.2, 0.25) is 5.91 Å². The van der Waals surface area contributed by atoms with Crippen molar-refractivity contribution in [2.75, 3.05) is 18.5 Å². The summed E-state index contributed by atoms with van der Waals surface area (Å²) in [4.78, 5) is 22.7. The van der Waals surface area contributed by atoms with Crippen molar-refractivity contribution in [2.45, 2.75) is 20.8 Å². The highest BCUT2D eigenvalue weighted by Crippen LogP contribution is 2.26. The molecule has 0 heterocycles. The van der Waals surface area contributed by atoms with E-state index in [0.717, 1.165) is 0 Å². The fourth-order valence-electron chi connectivity index (χ4n) is 1.44. The Morgan fingerprint density at radius 3 is 2.50 bits per heavy atom. The van der Waals surface area contributed by atoms with Gasteiger partial charge in [-0.1, -0.05) is 0 Å². The van der Waals surface area contributed by atoms with Crippen LogP contribution in [0.3, 0.4) is 0 Å². The number of anilines is 1. The maximum atomic E-state index is 11.6. The quantitative estimate of drug-likeness (QED) is 0.815. The van der Waals surface area contributed by atoms with Crippen molar-refractivity contribution in [3.8, 4) is 5.75 Å². The van der Waals surface area contributed by atoms with Crippen LogP contribution in [0.4, 0.5) is 5.69 Å². The van der Waals surface area contributed by atoms with Crippen molar-refractivity contribution >= 4 is 17.6 Å². The maximum absolute atomic E-state index is 11.6. The summed E-state index contributed by atoms with van der Waals surface area (Å²) in [6, 6.07) is 4.79. The lowest BCUT2D eigenvalue weighted by Gasteiger charge is -2.11. The Morgan fingerprint density at radius 1 is 1.22 bits per heavy atom. The summed E-state index contributed by atoms with van der Waals surface area (Å²) in [6.07, 6.45) is 0. The van der Waals surface area contributed by atoms with Gasteiger partial charge in [-0.3, -0.25) is 4.79 Å². The average Bonchev–Trinajstić information content (AvgIpc) is 2.31. The first-order valence-corrected chi connectivity index (χ1v) is 5.80. The van der Waals surface area contributed by atoms with E-state index in [1.165, 1.54) is 6.92 Å². The second kappa shape index (κ2) is 6.64. The van der Waals surface area contributed by atoms with Crippen molar-refractivity contribution in [1.29, 1.82) is 0 Å². The second-order valence-corrected chi connectivity index (χ2v) is 3.55. The molecule has 0 spiro atoms. The number of nitrogens with one attached hydrogen (secondary N) is 1. The molecule has 1 amide bonds. The molecule has 0 atom stereocenters. The number of rotatable bonds is 5. The molecule has 0 bridgehead atoms. The first-order valence-electron chi connectivity index (χ1n) is 5.80. The van der Waals surface area contributed by atoms with E-state index in [9.17, 15) is 9.59 Å². The summed E-state index contributed by atoms with van der Waals surface area (Å²) in [5.74, 6) is -0.120. The van der Waals surface area contributed by atoms with Crippen molar-refractivity contribution in [3.63, 3.8) is 0 Å². The van der Waals surface area contributed by atoms with Crippen LogP contribution in [0.25, 0.3) is 0 Å². The lowest BCUT2D eigenvalue weighted by molar-refractivity contribution is -0.114. The number of hydrogen-bond acceptors (Lipinski definition) is 4. The van der Waals surface area contributed by atoms with Gasteiger partial charge in [-0.25, -0.2) is 4.79 Å². The third-order valence-electron chi connectivity index (χ3n) is 2.10. The molecule has 1 N–H and O–H groups in total. The summed E-state index contributed by atoms with van der Waals surface area (Å²) < 4.78 is 10.3. The van der Waals surface area contributed by atoms with E-state index >= 15 is 0 Å². The predicted molar refractivity (Wildman–Crippen MR) is 67.9 cm³/mol. The lowest BCUT2D eigenvalue weighted by atomic mass is 10.2. The molecule has 0 radical (unpaired) electrons. The molecule has 0 unspecified atom stereocenters. The van der Waals surface area contributed by atoms with Crippen molar-refractivity contribution in [1.82, 2.24) is 0 Å². The molecule has 5 nitrogen and oxygen atoms in total. The van der Waals surface area contributed by atoms with Gasteiger partial charge in [-0.2, -0.15) is 0 Å². The van der Waals surface area contributed by atoms with Crippen LogP contribution >= 0.6 is 0 Å². The SMILES string of the molecule is CCOC(=O)c1ccc(OCC)c(NC(C)=O)c1. The zero-order valence-electron chi connectivity index (χ0n) is 10.8. The molecule has 0 saturated heterocycles. The molecule has 1 aromatic rings. The molecule has 0 aliphatic rings.